The SMILES string of the molecule is CC(N)OCCOC(=O)CC(C)(C)C. The number of ether oxygens (including phenoxy) is 2. The fourth-order valence-electron chi connectivity index (χ4n) is 0.874. The van der Waals surface area contributed by atoms with Gasteiger partial charge in [-0.15, -0.1) is 0 Å². The lowest BCUT2D eigenvalue weighted by atomic mass is 9.93. The summed E-state index contributed by atoms with van der Waals surface area (Å²) in [6.07, 6.45) is 0.113. The lowest BCUT2D eigenvalue weighted by molar-refractivity contribution is -0.147. The van der Waals surface area contributed by atoms with E-state index in [1.807, 2.05) is 20.8 Å². The highest BCUT2D eigenvalue weighted by molar-refractivity contribution is 5.70. The van der Waals surface area contributed by atoms with Crippen molar-refractivity contribution in [2.24, 2.45) is 11.1 Å². The van der Waals surface area contributed by atoms with E-state index >= 15 is 0 Å². The van der Waals surface area contributed by atoms with Crippen LogP contribution in [0.5, 0.6) is 0 Å². The average molecular weight is 203 g/mol. The number of carbonyl (C=O) groups is 1. The predicted molar refractivity (Wildman–Crippen MR) is 54.6 cm³/mol. The summed E-state index contributed by atoms with van der Waals surface area (Å²) in [5, 5.41) is 0. The summed E-state index contributed by atoms with van der Waals surface area (Å²) in [4.78, 5) is 11.2. The van der Waals surface area contributed by atoms with Gasteiger partial charge in [0.2, 0.25) is 0 Å². The van der Waals surface area contributed by atoms with Crippen LogP contribution in [0.2, 0.25) is 0 Å². The smallest absolute Gasteiger partial charge is 0.306 e. The van der Waals surface area contributed by atoms with Crippen molar-refractivity contribution in [1.82, 2.24) is 0 Å². The molecule has 0 aliphatic rings. The largest absolute Gasteiger partial charge is 0.463 e. The number of hydrogen-bond acceptors (Lipinski definition) is 4. The Morgan fingerprint density at radius 3 is 2.36 bits per heavy atom. The summed E-state index contributed by atoms with van der Waals surface area (Å²) >= 11 is 0. The van der Waals surface area contributed by atoms with Gasteiger partial charge in [0.05, 0.1) is 13.0 Å². The Balaban J connectivity index is 3.46. The number of nitrogens with two attached hydrogens (primary N) is 1. The molecule has 0 aromatic heterocycles. The molecule has 0 bridgehead atoms. The second kappa shape index (κ2) is 5.98. The first-order valence-corrected chi connectivity index (χ1v) is 4.84. The highest BCUT2D eigenvalue weighted by Crippen LogP contribution is 2.18. The van der Waals surface area contributed by atoms with Crippen LogP contribution in [-0.2, 0) is 14.3 Å². The maximum absolute atomic E-state index is 11.2. The Labute approximate surface area is 85.8 Å². The van der Waals surface area contributed by atoms with Crippen LogP contribution in [-0.4, -0.2) is 25.4 Å². The second-order valence-electron chi connectivity index (χ2n) is 4.53. The van der Waals surface area contributed by atoms with E-state index < -0.39 is 0 Å². The third kappa shape index (κ3) is 9.48. The second-order valence-corrected chi connectivity index (χ2v) is 4.53. The Bertz CT molecular complexity index is 173. The van der Waals surface area contributed by atoms with Crippen LogP contribution >= 0.6 is 0 Å². The van der Waals surface area contributed by atoms with Gasteiger partial charge in [0.15, 0.2) is 0 Å². The van der Waals surface area contributed by atoms with Crippen molar-refractivity contribution < 1.29 is 14.3 Å². The van der Waals surface area contributed by atoms with Crippen LogP contribution in [0.15, 0.2) is 0 Å². The van der Waals surface area contributed by atoms with Gasteiger partial charge in [-0.1, -0.05) is 20.8 Å². The van der Waals surface area contributed by atoms with Crippen LogP contribution in [0.4, 0.5) is 0 Å². The predicted octanol–water partition coefficient (Wildman–Crippen LogP) is 1.29. The van der Waals surface area contributed by atoms with E-state index in [2.05, 4.69) is 0 Å². The first kappa shape index (κ1) is 13.4. The number of rotatable bonds is 5. The molecule has 2 N–H and O–H groups in total. The summed E-state index contributed by atoms with van der Waals surface area (Å²) in [7, 11) is 0. The van der Waals surface area contributed by atoms with Gasteiger partial charge < -0.3 is 15.2 Å². The van der Waals surface area contributed by atoms with Crippen molar-refractivity contribution in [3.8, 4) is 0 Å². The molecule has 1 atom stereocenters. The molecule has 0 rings (SSSR count). The molecule has 0 spiro atoms. The van der Waals surface area contributed by atoms with Gasteiger partial charge in [-0.3, -0.25) is 4.79 Å². The highest BCUT2D eigenvalue weighted by atomic mass is 16.6. The molecule has 0 aromatic carbocycles. The van der Waals surface area contributed by atoms with E-state index in [9.17, 15) is 4.79 Å². The summed E-state index contributed by atoms with van der Waals surface area (Å²) in [5.74, 6) is -0.189. The lowest BCUT2D eigenvalue weighted by Gasteiger charge is -2.16. The molecule has 1 unspecified atom stereocenters. The standard InChI is InChI=1S/C10H21NO3/c1-8(11)13-5-6-14-9(12)7-10(2,3)4/h8H,5-7,11H2,1-4H3. The maximum Gasteiger partial charge on any atom is 0.306 e. The van der Waals surface area contributed by atoms with Crippen LogP contribution in [0.1, 0.15) is 34.1 Å². The van der Waals surface area contributed by atoms with Crippen molar-refractivity contribution >= 4 is 5.97 Å². The quantitative estimate of drug-likeness (QED) is 0.415. The highest BCUT2D eigenvalue weighted by Gasteiger charge is 2.16. The molecule has 0 radical (unpaired) electrons. The van der Waals surface area contributed by atoms with Crippen LogP contribution < -0.4 is 5.73 Å². The first-order chi connectivity index (χ1) is 6.31. The summed E-state index contributed by atoms with van der Waals surface area (Å²) in [5.41, 5.74) is 5.32. The minimum absolute atomic E-state index is 0.0287. The fourth-order valence-corrected chi connectivity index (χ4v) is 0.874. The van der Waals surface area contributed by atoms with Crippen molar-refractivity contribution in [3.05, 3.63) is 0 Å². The van der Waals surface area contributed by atoms with Crippen molar-refractivity contribution in [1.29, 1.82) is 0 Å². The topological polar surface area (TPSA) is 61.6 Å². The van der Waals surface area contributed by atoms with Gasteiger partial charge >= 0.3 is 5.97 Å². The van der Waals surface area contributed by atoms with E-state index in [0.29, 0.717) is 13.0 Å². The average Bonchev–Trinajstić information content (AvgIpc) is 1.94. The van der Waals surface area contributed by atoms with Crippen molar-refractivity contribution in [2.75, 3.05) is 13.2 Å². The Morgan fingerprint density at radius 1 is 1.36 bits per heavy atom. The minimum atomic E-state index is -0.309. The number of carbonyl (C=O) groups excluding carboxylic acids is 1. The molecule has 4 nitrogen and oxygen atoms in total. The van der Waals surface area contributed by atoms with E-state index in [4.69, 9.17) is 15.2 Å². The van der Waals surface area contributed by atoms with Gasteiger partial charge in [-0.05, 0) is 12.3 Å². The molecule has 0 amide bonds. The zero-order chi connectivity index (χ0) is 11.2. The zero-order valence-corrected chi connectivity index (χ0v) is 9.50. The molecular weight excluding hydrogens is 182 g/mol. The molecule has 0 aliphatic carbocycles. The molecule has 4 heteroatoms. The fraction of sp³-hybridized carbons (Fsp3) is 0.900. The van der Waals surface area contributed by atoms with Crippen LogP contribution in [0, 0.1) is 5.41 Å². The van der Waals surface area contributed by atoms with Crippen molar-refractivity contribution in [3.63, 3.8) is 0 Å². The first-order valence-electron chi connectivity index (χ1n) is 4.84. The summed E-state index contributed by atoms with van der Waals surface area (Å²) < 4.78 is 9.97. The Hall–Kier alpha value is -0.610. The molecule has 0 saturated carbocycles. The summed E-state index contributed by atoms with van der Waals surface area (Å²) in [6.45, 7) is 8.34. The Kier molecular flexibility index (Phi) is 5.72. The third-order valence-electron chi connectivity index (χ3n) is 1.40. The number of esters is 1. The van der Waals surface area contributed by atoms with E-state index in [1.165, 1.54) is 0 Å². The van der Waals surface area contributed by atoms with E-state index in [0.717, 1.165) is 0 Å². The van der Waals surface area contributed by atoms with Crippen LogP contribution in [0.3, 0.4) is 0 Å². The van der Waals surface area contributed by atoms with Crippen LogP contribution in [0.25, 0.3) is 0 Å². The number of hydrogen-bond donors (Lipinski definition) is 1. The monoisotopic (exact) mass is 203 g/mol. The minimum Gasteiger partial charge on any atom is -0.463 e. The van der Waals surface area contributed by atoms with Gasteiger partial charge in [0, 0.05) is 0 Å². The zero-order valence-electron chi connectivity index (χ0n) is 9.50. The van der Waals surface area contributed by atoms with Gasteiger partial charge in [0.25, 0.3) is 0 Å². The molecule has 0 aliphatic heterocycles. The molecule has 0 fully saturated rings. The molecule has 0 saturated heterocycles. The van der Waals surface area contributed by atoms with Gasteiger partial charge in [0.1, 0.15) is 12.8 Å². The molecular formula is C10H21NO3. The van der Waals surface area contributed by atoms with E-state index in [1.54, 1.807) is 6.92 Å². The summed E-state index contributed by atoms with van der Waals surface area (Å²) in [6, 6.07) is 0. The molecule has 84 valence electrons. The lowest BCUT2D eigenvalue weighted by Crippen LogP contribution is -2.23. The van der Waals surface area contributed by atoms with Gasteiger partial charge in [-0.2, -0.15) is 0 Å². The third-order valence-corrected chi connectivity index (χ3v) is 1.40. The van der Waals surface area contributed by atoms with Gasteiger partial charge in [-0.25, -0.2) is 0 Å². The van der Waals surface area contributed by atoms with E-state index in [-0.39, 0.29) is 24.2 Å². The Morgan fingerprint density at radius 2 is 1.93 bits per heavy atom. The molecule has 0 heterocycles. The maximum atomic E-state index is 11.2. The molecule has 0 aromatic rings. The normalized spacial score (nSPS) is 13.8. The molecule has 14 heavy (non-hydrogen) atoms. The van der Waals surface area contributed by atoms with Crippen molar-refractivity contribution in [2.45, 2.75) is 40.3 Å².